The number of piperazine rings is 1. The van der Waals surface area contributed by atoms with Crippen LogP contribution in [-0.4, -0.2) is 42.7 Å². The molecule has 2 heterocycles. The van der Waals surface area contributed by atoms with Crippen molar-refractivity contribution in [3.8, 4) is 5.75 Å². The van der Waals surface area contributed by atoms with Crippen LogP contribution in [0.25, 0.3) is 0 Å². The van der Waals surface area contributed by atoms with Crippen molar-refractivity contribution >= 4 is 0 Å². The Kier molecular flexibility index (Phi) is 3.50. The lowest BCUT2D eigenvalue weighted by molar-refractivity contribution is 0.0907. The summed E-state index contributed by atoms with van der Waals surface area (Å²) >= 11 is 0. The molecule has 1 saturated heterocycles. The minimum absolute atomic E-state index is 0.324. The van der Waals surface area contributed by atoms with E-state index in [0.29, 0.717) is 18.2 Å². The number of ether oxygens (including phenoxy) is 1. The lowest BCUT2D eigenvalue weighted by Gasteiger charge is -2.38. The van der Waals surface area contributed by atoms with Crippen LogP contribution >= 0.6 is 0 Å². The van der Waals surface area contributed by atoms with E-state index in [0.717, 1.165) is 31.8 Å². The molecule has 0 spiro atoms. The van der Waals surface area contributed by atoms with E-state index in [1.165, 1.54) is 11.1 Å². The van der Waals surface area contributed by atoms with Gasteiger partial charge in [0.25, 0.3) is 0 Å². The molecule has 0 bridgehead atoms. The molecular weight excluding hydrogens is 236 g/mol. The van der Waals surface area contributed by atoms with Gasteiger partial charge in [0.1, 0.15) is 11.9 Å². The Hall–Kier alpha value is -1.06. The largest absolute Gasteiger partial charge is 0.488 e. The molecule has 0 aliphatic carbocycles. The van der Waals surface area contributed by atoms with E-state index in [1.54, 1.807) is 0 Å². The van der Waals surface area contributed by atoms with Crippen LogP contribution in [0.15, 0.2) is 18.2 Å². The highest BCUT2D eigenvalue weighted by atomic mass is 16.5. The first-order valence-electron chi connectivity index (χ1n) is 7.35. The maximum Gasteiger partial charge on any atom is 0.123 e. The van der Waals surface area contributed by atoms with Crippen LogP contribution < -0.4 is 10.1 Å². The van der Waals surface area contributed by atoms with Crippen molar-refractivity contribution in [2.24, 2.45) is 0 Å². The Morgan fingerprint density at radius 2 is 2.21 bits per heavy atom. The summed E-state index contributed by atoms with van der Waals surface area (Å²) in [5, 5.41) is 3.53. The van der Waals surface area contributed by atoms with E-state index in [4.69, 9.17) is 4.74 Å². The number of hydrogen-bond donors (Lipinski definition) is 1. The predicted molar refractivity (Wildman–Crippen MR) is 77.8 cm³/mol. The third-order valence-electron chi connectivity index (χ3n) is 4.29. The summed E-state index contributed by atoms with van der Waals surface area (Å²) in [7, 11) is 0. The van der Waals surface area contributed by atoms with Gasteiger partial charge in [-0.1, -0.05) is 17.7 Å². The quantitative estimate of drug-likeness (QED) is 0.880. The van der Waals surface area contributed by atoms with E-state index in [9.17, 15) is 0 Å². The van der Waals surface area contributed by atoms with Crippen LogP contribution in [0.2, 0.25) is 0 Å². The van der Waals surface area contributed by atoms with Gasteiger partial charge in [-0.3, -0.25) is 4.90 Å². The SMILES string of the molecule is Cc1ccc2c(c1)CC(CN1CC(C)NCC1C)O2. The van der Waals surface area contributed by atoms with Crippen molar-refractivity contribution in [2.75, 3.05) is 19.6 Å². The van der Waals surface area contributed by atoms with Crippen LogP contribution in [-0.2, 0) is 6.42 Å². The fourth-order valence-corrected chi connectivity index (χ4v) is 3.16. The monoisotopic (exact) mass is 260 g/mol. The third kappa shape index (κ3) is 2.77. The van der Waals surface area contributed by atoms with Crippen LogP contribution in [0.3, 0.4) is 0 Å². The van der Waals surface area contributed by atoms with Crippen LogP contribution in [0.5, 0.6) is 5.75 Å². The average molecular weight is 260 g/mol. The van der Waals surface area contributed by atoms with Crippen molar-refractivity contribution < 1.29 is 4.74 Å². The van der Waals surface area contributed by atoms with Gasteiger partial charge in [-0.2, -0.15) is 0 Å². The molecule has 3 nitrogen and oxygen atoms in total. The zero-order valence-corrected chi connectivity index (χ0v) is 12.1. The van der Waals surface area contributed by atoms with Gasteiger partial charge in [-0.15, -0.1) is 0 Å². The van der Waals surface area contributed by atoms with E-state index in [2.05, 4.69) is 49.2 Å². The van der Waals surface area contributed by atoms with Gasteiger partial charge in [-0.05, 0) is 32.4 Å². The summed E-state index contributed by atoms with van der Waals surface area (Å²) in [6.07, 6.45) is 1.38. The summed E-state index contributed by atoms with van der Waals surface area (Å²) in [5.74, 6) is 1.09. The van der Waals surface area contributed by atoms with Gasteiger partial charge in [0.15, 0.2) is 0 Å². The van der Waals surface area contributed by atoms with Crippen molar-refractivity contribution in [3.63, 3.8) is 0 Å². The molecule has 3 heteroatoms. The number of benzene rings is 1. The average Bonchev–Trinajstić information content (AvgIpc) is 2.75. The molecular formula is C16H24N2O. The molecule has 3 unspecified atom stereocenters. The standard InChI is InChI=1S/C16H24N2O/c1-11-4-5-16-14(6-11)7-15(19-16)10-18-9-12(2)17-8-13(18)3/h4-6,12-13,15,17H,7-10H2,1-3H3. The summed E-state index contributed by atoms with van der Waals surface area (Å²) < 4.78 is 6.09. The Balaban J connectivity index is 1.63. The molecule has 3 rings (SSSR count). The summed E-state index contributed by atoms with van der Waals surface area (Å²) in [6.45, 7) is 9.95. The highest BCUT2D eigenvalue weighted by Crippen LogP contribution is 2.30. The highest BCUT2D eigenvalue weighted by molar-refractivity contribution is 5.40. The van der Waals surface area contributed by atoms with E-state index >= 15 is 0 Å². The van der Waals surface area contributed by atoms with Gasteiger partial charge in [0, 0.05) is 38.1 Å². The predicted octanol–water partition coefficient (Wildman–Crippen LogP) is 1.98. The van der Waals surface area contributed by atoms with Crippen molar-refractivity contribution in [1.82, 2.24) is 10.2 Å². The maximum absolute atomic E-state index is 6.09. The zero-order valence-electron chi connectivity index (χ0n) is 12.1. The zero-order chi connectivity index (χ0) is 13.4. The second-order valence-corrected chi connectivity index (χ2v) is 6.17. The molecule has 1 N–H and O–H groups in total. The second-order valence-electron chi connectivity index (χ2n) is 6.17. The second kappa shape index (κ2) is 5.14. The molecule has 19 heavy (non-hydrogen) atoms. The molecule has 2 aliphatic rings. The normalized spacial score (nSPS) is 31.0. The molecule has 0 saturated carbocycles. The lowest BCUT2D eigenvalue weighted by Crippen LogP contribution is -2.56. The number of nitrogens with zero attached hydrogens (tertiary/aromatic N) is 1. The van der Waals surface area contributed by atoms with E-state index < -0.39 is 0 Å². The molecule has 1 aromatic carbocycles. The topological polar surface area (TPSA) is 24.5 Å². The minimum Gasteiger partial charge on any atom is -0.488 e. The van der Waals surface area contributed by atoms with E-state index in [-0.39, 0.29) is 0 Å². The Morgan fingerprint density at radius 1 is 1.37 bits per heavy atom. The molecule has 3 atom stereocenters. The minimum atomic E-state index is 0.324. The van der Waals surface area contributed by atoms with Crippen LogP contribution in [0.1, 0.15) is 25.0 Å². The third-order valence-corrected chi connectivity index (χ3v) is 4.29. The Morgan fingerprint density at radius 3 is 3.05 bits per heavy atom. The van der Waals surface area contributed by atoms with Crippen LogP contribution in [0.4, 0.5) is 0 Å². The fourth-order valence-electron chi connectivity index (χ4n) is 3.16. The lowest BCUT2D eigenvalue weighted by atomic mass is 10.1. The first-order chi connectivity index (χ1) is 9.11. The van der Waals surface area contributed by atoms with Crippen molar-refractivity contribution in [1.29, 1.82) is 0 Å². The van der Waals surface area contributed by atoms with Gasteiger partial charge in [-0.25, -0.2) is 0 Å². The summed E-state index contributed by atoms with van der Waals surface area (Å²) in [5.41, 5.74) is 2.70. The molecule has 0 amide bonds. The molecule has 1 fully saturated rings. The number of hydrogen-bond acceptors (Lipinski definition) is 3. The first-order valence-corrected chi connectivity index (χ1v) is 7.35. The highest BCUT2D eigenvalue weighted by Gasteiger charge is 2.29. The fraction of sp³-hybridized carbons (Fsp3) is 0.625. The van der Waals surface area contributed by atoms with Gasteiger partial charge in [0.2, 0.25) is 0 Å². The molecule has 0 radical (unpaired) electrons. The number of nitrogens with one attached hydrogen (secondary N) is 1. The van der Waals surface area contributed by atoms with Crippen molar-refractivity contribution in [3.05, 3.63) is 29.3 Å². The molecule has 104 valence electrons. The van der Waals surface area contributed by atoms with Gasteiger partial charge < -0.3 is 10.1 Å². The number of aryl methyl sites for hydroxylation is 1. The van der Waals surface area contributed by atoms with E-state index in [1.807, 2.05) is 0 Å². The summed E-state index contributed by atoms with van der Waals surface area (Å²) in [6, 6.07) is 7.71. The molecule has 2 aliphatic heterocycles. The first kappa shape index (κ1) is 12.9. The Labute approximate surface area is 115 Å². The Bertz CT molecular complexity index is 460. The summed E-state index contributed by atoms with van der Waals surface area (Å²) in [4.78, 5) is 2.56. The van der Waals surface area contributed by atoms with Crippen LogP contribution in [0, 0.1) is 6.92 Å². The number of rotatable bonds is 2. The molecule has 0 aromatic heterocycles. The van der Waals surface area contributed by atoms with Crippen molar-refractivity contribution in [2.45, 2.75) is 45.4 Å². The van der Waals surface area contributed by atoms with Gasteiger partial charge in [0.05, 0.1) is 0 Å². The smallest absolute Gasteiger partial charge is 0.123 e. The number of fused-ring (bicyclic) bond motifs is 1. The molecule has 1 aromatic rings. The maximum atomic E-state index is 6.09. The van der Waals surface area contributed by atoms with Gasteiger partial charge >= 0.3 is 0 Å².